The summed E-state index contributed by atoms with van der Waals surface area (Å²) in [5, 5.41) is 3.36. The van der Waals surface area contributed by atoms with Gasteiger partial charge in [0.2, 0.25) is 0 Å². The summed E-state index contributed by atoms with van der Waals surface area (Å²) in [6, 6.07) is 0.312. The molecular formula is C11H18ClN3. The summed E-state index contributed by atoms with van der Waals surface area (Å²) in [6.07, 6.45) is 6.00. The molecule has 1 heterocycles. The summed E-state index contributed by atoms with van der Waals surface area (Å²) < 4.78 is 0. The molecule has 1 aromatic rings. The Morgan fingerprint density at radius 1 is 1.40 bits per heavy atom. The molecule has 0 aliphatic carbocycles. The van der Waals surface area contributed by atoms with E-state index in [4.69, 9.17) is 11.6 Å². The highest BCUT2D eigenvalue weighted by Gasteiger charge is 2.24. The lowest BCUT2D eigenvalue weighted by molar-refractivity contribution is 0.334. The van der Waals surface area contributed by atoms with E-state index < -0.39 is 0 Å². The second kappa shape index (κ2) is 5.31. The third kappa shape index (κ3) is 4.04. The van der Waals surface area contributed by atoms with Crippen LogP contribution in [0.4, 0.5) is 5.82 Å². The number of aromatic nitrogens is 2. The van der Waals surface area contributed by atoms with Gasteiger partial charge >= 0.3 is 0 Å². The maximum atomic E-state index is 5.79. The van der Waals surface area contributed by atoms with Crippen LogP contribution in [0.2, 0.25) is 0 Å². The molecule has 0 bridgehead atoms. The van der Waals surface area contributed by atoms with Crippen molar-refractivity contribution < 1.29 is 0 Å². The van der Waals surface area contributed by atoms with Gasteiger partial charge in [0, 0.05) is 24.3 Å². The molecule has 0 radical (unpaired) electrons. The van der Waals surface area contributed by atoms with Gasteiger partial charge in [-0.3, -0.25) is 4.98 Å². The molecule has 0 saturated heterocycles. The molecule has 0 aliphatic heterocycles. The molecule has 0 spiro atoms. The predicted molar refractivity (Wildman–Crippen MR) is 64.2 cm³/mol. The Morgan fingerprint density at radius 3 is 2.60 bits per heavy atom. The lowest BCUT2D eigenvalue weighted by Gasteiger charge is -2.31. The number of halogens is 1. The van der Waals surface area contributed by atoms with Crippen LogP contribution in [-0.4, -0.2) is 21.9 Å². The number of nitrogens with one attached hydrogen (secondary N) is 1. The fraction of sp³-hybridized carbons (Fsp3) is 0.636. The van der Waals surface area contributed by atoms with Gasteiger partial charge in [0.15, 0.2) is 0 Å². The summed E-state index contributed by atoms with van der Waals surface area (Å²) in [7, 11) is 0. The second-order valence-corrected chi connectivity index (χ2v) is 5.01. The molecule has 84 valence electrons. The quantitative estimate of drug-likeness (QED) is 0.804. The van der Waals surface area contributed by atoms with Gasteiger partial charge in [-0.25, -0.2) is 4.98 Å². The number of hydrogen-bond donors (Lipinski definition) is 1. The zero-order valence-corrected chi connectivity index (χ0v) is 10.3. The van der Waals surface area contributed by atoms with Crippen molar-refractivity contribution in [3.8, 4) is 0 Å². The van der Waals surface area contributed by atoms with Crippen LogP contribution in [0.1, 0.15) is 27.2 Å². The van der Waals surface area contributed by atoms with Crippen molar-refractivity contribution in [1.29, 1.82) is 0 Å². The molecule has 1 N–H and O–H groups in total. The van der Waals surface area contributed by atoms with E-state index in [2.05, 4.69) is 36.1 Å². The molecule has 1 unspecified atom stereocenters. The maximum Gasteiger partial charge on any atom is 0.144 e. The first-order valence-electron chi connectivity index (χ1n) is 5.12. The number of anilines is 1. The number of rotatable bonds is 4. The van der Waals surface area contributed by atoms with Crippen LogP contribution < -0.4 is 5.32 Å². The molecule has 1 aromatic heterocycles. The Labute approximate surface area is 96.3 Å². The lowest BCUT2D eigenvalue weighted by atomic mass is 9.85. The summed E-state index contributed by atoms with van der Waals surface area (Å²) in [6.45, 7) is 6.56. The first-order chi connectivity index (χ1) is 7.04. The van der Waals surface area contributed by atoms with E-state index in [1.807, 2.05) is 0 Å². The average molecular weight is 228 g/mol. The molecule has 3 nitrogen and oxygen atoms in total. The minimum atomic E-state index is 0.159. The van der Waals surface area contributed by atoms with Gasteiger partial charge in [-0.15, -0.1) is 11.6 Å². The number of nitrogens with zero attached hydrogens (tertiary/aromatic N) is 2. The minimum Gasteiger partial charge on any atom is -0.365 e. The zero-order chi connectivity index (χ0) is 11.3. The van der Waals surface area contributed by atoms with Crippen molar-refractivity contribution in [2.45, 2.75) is 33.2 Å². The Bertz CT molecular complexity index is 282. The van der Waals surface area contributed by atoms with E-state index in [9.17, 15) is 0 Å². The highest BCUT2D eigenvalue weighted by molar-refractivity contribution is 6.17. The van der Waals surface area contributed by atoms with E-state index in [-0.39, 0.29) is 5.41 Å². The van der Waals surface area contributed by atoms with E-state index in [0.29, 0.717) is 11.9 Å². The Morgan fingerprint density at radius 2 is 2.13 bits per heavy atom. The molecule has 1 atom stereocenters. The first-order valence-corrected chi connectivity index (χ1v) is 5.66. The van der Waals surface area contributed by atoms with Gasteiger partial charge in [-0.2, -0.15) is 0 Å². The van der Waals surface area contributed by atoms with E-state index >= 15 is 0 Å². The van der Waals surface area contributed by atoms with E-state index in [0.717, 1.165) is 12.2 Å². The first kappa shape index (κ1) is 12.2. The minimum absolute atomic E-state index is 0.159. The molecule has 0 aliphatic rings. The van der Waals surface area contributed by atoms with Crippen LogP contribution in [0.25, 0.3) is 0 Å². The van der Waals surface area contributed by atoms with Crippen LogP contribution in [0, 0.1) is 5.41 Å². The van der Waals surface area contributed by atoms with Crippen molar-refractivity contribution in [2.75, 3.05) is 11.2 Å². The molecule has 0 saturated carbocycles. The molecule has 0 fully saturated rings. The lowest BCUT2D eigenvalue weighted by Crippen LogP contribution is -2.34. The monoisotopic (exact) mass is 227 g/mol. The number of alkyl halides is 1. The summed E-state index contributed by atoms with van der Waals surface area (Å²) in [4.78, 5) is 8.22. The third-order valence-electron chi connectivity index (χ3n) is 2.33. The zero-order valence-electron chi connectivity index (χ0n) is 9.50. The van der Waals surface area contributed by atoms with Crippen molar-refractivity contribution in [1.82, 2.24) is 9.97 Å². The smallest absolute Gasteiger partial charge is 0.144 e. The second-order valence-electron chi connectivity index (χ2n) is 4.63. The third-order valence-corrected chi connectivity index (χ3v) is 2.55. The fourth-order valence-corrected chi connectivity index (χ4v) is 1.60. The van der Waals surface area contributed by atoms with Crippen LogP contribution >= 0.6 is 11.6 Å². The normalized spacial score (nSPS) is 13.6. The van der Waals surface area contributed by atoms with E-state index in [1.165, 1.54) is 0 Å². The van der Waals surface area contributed by atoms with Gasteiger partial charge in [0.05, 0.1) is 6.20 Å². The van der Waals surface area contributed by atoms with Crippen LogP contribution in [0.5, 0.6) is 0 Å². The van der Waals surface area contributed by atoms with Gasteiger partial charge in [-0.1, -0.05) is 20.8 Å². The molecular weight excluding hydrogens is 210 g/mol. The van der Waals surface area contributed by atoms with Crippen molar-refractivity contribution in [3.63, 3.8) is 0 Å². The molecule has 4 heteroatoms. The van der Waals surface area contributed by atoms with Crippen LogP contribution in [-0.2, 0) is 0 Å². The maximum absolute atomic E-state index is 5.79. The highest BCUT2D eigenvalue weighted by atomic mass is 35.5. The largest absolute Gasteiger partial charge is 0.365 e. The summed E-state index contributed by atoms with van der Waals surface area (Å²) in [5.41, 5.74) is 0.159. The van der Waals surface area contributed by atoms with Crippen molar-refractivity contribution in [2.24, 2.45) is 5.41 Å². The van der Waals surface area contributed by atoms with Crippen molar-refractivity contribution in [3.05, 3.63) is 18.6 Å². The van der Waals surface area contributed by atoms with Crippen molar-refractivity contribution >= 4 is 17.4 Å². The van der Waals surface area contributed by atoms with Crippen LogP contribution in [0.3, 0.4) is 0 Å². The van der Waals surface area contributed by atoms with Crippen LogP contribution in [0.15, 0.2) is 18.6 Å². The standard InChI is InChI=1S/C11H18ClN3/c1-11(2,3)9(4-5-12)15-10-8-13-6-7-14-10/h6-9H,4-5H2,1-3H3,(H,14,15). The molecule has 15 heavy (non-hydrogen) atoms. The Balaban J connectivity index is 2.67. The van der Waals surface area contributed by atoms with Gasteiger partial charge < -0.3 is 5.32 Å². The summed E-state index contributed by atoms with van der Waals surface area (Å²) in [5.74, 6) is 1.46. The number of hydrogen-bond acceptors (Lipinski definition) is 3. The Kier molecular flexibility index (Phi) is 4.33. The summed E-state index contributed by atoms with van der Waals surface area (Å²) >= 11 is 5.79. The average Bonchev–Trinajstić information content (AvgIpc) is 2.17. The van der Waals surface area contributed by atoms with E-state index in [1.54, 1.807) is 18.6 Å². The highest BCUT2D eigenvalue weighted by Crippen LogP contribution is 2.24. The topological polar surface area (TPSA) is 37.8 Å². The Hall–Kier alpha value is -0.830. The molecule has 0 amide bonds. The predicted octanol–water partition coefficient (Wildman–Crippen LogP) is 2.93. The van der Waals surface area contributed by atoms with Gasteiger partial charge in [0.1, 0.15) is 5.82 Å². The van der Waals surface area contributed by atoms with Gasteiger partial charge in [-0.05, 0) is 11.8 Å². The molecule has 1 rings (SSSR count). The van der Waals surface area contributed by atoms with Gasteiger partial charge in [0.25, 0.3) is 0 Å². The fourth-order valence-electron chi connectivity index (χ4n) is 1.38. The molecule has 0 aromatic carbocycles. The SMILES string of the molecule is CC(C)(C)C(CCCl)Nc1cnccn1.